The van der Waals surface area contributed by atoms with Gasteiger partial charge in [0.2, 0.25) is 5.13 Å². The van der Waals surface area contributed by atoms with E-state index < -0.39 is 10.0 Å². The van der Waals surface area contributed by atoms with Gasteiger partial charge in [0.1, 0.15) is 10.8 Å². The van der Waals surface area contributed by atoms with Crippen LogP contribution in [0.4, 0.5) is 10.8 Å². The average Bonchev–Trinajstić information content (AvgIpc) is 3.15. The van der Waals surface area contributed by atoms with Crippen molar-refractivity contribution in [2.75, 3.05) is 22.8 Å². The summed E-state index contributed by atoms with van der Waals surface area (Å²) >= 11 is 1.17. The first kappa shape index (κ1) is 21.3. The summed E-state index contributed by atoms with van der Waals surface area (Å²) in [7, 11) is -3.79. The van der Waals surface area contributed by atoms with Crippen molar-refractivity contribution in [2.24, 2.45) is 0 Å². The van der Waals surface area contributed by atoms with E-state index in [1.807, 2.05) is 31.2 Å². The van der Waals surface area contributed by atoms with Gasteiger partial charge in [0.15, 0.2) is 6.61 Å². The molecule has 162 valence electrons. The molecule has 1 N–H and O–H groups in total. The van der Waals surface area contributed by atoms with E-state index >= 15 is 0 Å². The van der Waals surface area contributed by atoms with Crippen molar-refractivity contribution < 1.29 is 17.9 Å². The maximum atomic E-state index is 12.8. The van der Waals surface area contributed by atoms with E-state index in [0.717, 1.165) is 23.2 Å². The number of carbonyl (C=O) groups is 1. The molecule has 1 aromatic heterocycles. The molecule has 4 rings (SSSR count). The number of amides is 1. The molecule has 1 amide bonds. The fraction of sp³-hybridized carbons (Fsp3) is 0.286. The number of carbonyl (C=O) groups excluding carboxylic acids is 1. The molecule has 1 aliphatic rings. The number of sulfonamides is 1. The SMILES string of the molecule is Cc1nnc(NS(=O)(=O)c2ccc3c(c2)CCCN3C(=O)COc2ccccc2C)s1. The number of hydrogen-bond donors (Lipinski definition) is 1. The molecule has 0 spiro atoms. The molecule has 0 saturated carbocycles. The summed E-state index contributed by atoms with van der Waals surface area (Å²) < 4.78 is 33.6. The van der Waals surface area contributed by atoms with Crippen LogP contribution in [0.2, 0.25) is 0 Å². The zero-order valence-corrected chi connectivity index (χ0v) is 18.8. The zero-order valence-electron chi connectivity index (χ0n) is 17.2. The number of benzene rings is 2. The fourth-order valence-electron chi connectivity index (χ4n) is 3.45. The molecule has 0 saturated heterocycles. The lowest BCUT2D eigenvalue weighted by molar-refractivity contribution is -0.120. The Labute approximate surface area is 184 Å². The summed E-state index contributed by atoms with van der Waals surface area (Å²) in [4.78, 5) is 14.6. The van der Waals surface area contributed by atoms with Crippen LogP contribution in [-0.2, 0) is 21.2 Å². The molecular weight excluding hydrogens is 436 g/mol. The van der Waals surface area contributed by atoms with Crippen LogP contribution in [-0.4, -0.2) is 37.7 Å². The predicted molar refractivity (Wildman–Crippen MR) is 119 cm³/mol. The molecule has 0 aliphatic carbocycles. The Morgan fingerprint density at radius 1 is 1.19 bits per heavy atom. The molecule has 2 heterocycles. The molecule has 2 aromatic carbocycles. The predicted octanol–water partition coefficient (Wildman–Crippen LogP) is 3.31. The Morgan fingerprint density at radius 2 is 2.00 bits per heavy atom. The van der Waals surface area contributed by atoms with Gasteiger partial charge in [-0.2, -0.15) is 0 Å². The highest BCUT2D eigenvalue weighted by atomic mass is 32.2. The second-order valence-electron chi connectivity index (χ2n) is 7.23. The monoisotopic (exact) mass is 458 g/mol. The molecule has 0 fully saturated rings. The van der Waals surface area contributed by atoms with Gasteiger partial charge >= 0.3 is 0 Å². The van der Waals surface area contributed by atoms with E-state index in [4.69, 9.17) is 4.74 Å². The van der Waals surface area contributed by atoms with Crippen LogP contribution in [0.3, 0.4) is 0 Å². The highest BCUT2D eigenvalue weighted by Crippen LogP contribution is 2.30. The molecule has 0 atom stereocenters. The van der Waals surface area contributed by atoms with Gasteiger partial charge in [0.05, 0.1) is 4.90 Å². The lowest BCUT2D eigenvalue weighted by atomic mass is 10.0. The van der Waals surface area contributed by atoms with Crippen LogP contribution in [0.1, 0.15) is 22.6 Å². The third kappa shape index (κ3) is 4.70. The van der Waals surface area contributed by atoms with E-state index in [1.54, 1.807) is 24.0 Å². The Hall–Kier alpha value is -2.98. The van der Waals surface area contributed by atoms with Crippen LogP contribution in [0, 0.1) is 13.8 Å². The number of para-hydroxylation sites is 1. The largest absolute Gasteiger partial charge is 0.483 e. The van der Waals surface area contributed by atoms with Crippen molar-refractivity contribution in [3.05, 3.63) is 58.6 Å². The molecule has 0 radical (unpaired) electrons. The summed E-state index contributed by atoms with van der Waals surface area (Å²) in [6.45, 7) is 4.16. The molecule has 31 heavy (non-hydrogen) atoms. The standard InChI is InChI=1S/C21H22N4O4S2/c1-14-6-3-4-8-19(14)29-13-20(26)25-11-5-7-16-12-17(9-10-18(16)25)31(27,28)24-21-23-22-15(2)30-21/h3-4,6,8-10,12H,5,7,11,13H2,1-2H3,(H,23,24). The van der Waals surface area contributed by atoms with Crippen LogP contribution < -0.4 is 14.4 Å². The van der Waals surface area contributed by atoms with Crippen LogP contribution >= 0.6 is 11.3 Å². The molecule has 0 unspecified atom stereocenters. The Balaban J connectivity index is 1.51. The average molecular weight is 459 g/mol. The van der Waals surface area contributed by atoms with Crippen molar-refractivity contribution in [2.45, 2.75) is 31.6 Å². The van der Waals surface area contributed by atoms with E-state index in [-0.39, 0.29) is 22.5 Å². The first-order valence-electron chi connectivity index (χ1n) is 9.78. The number of aryl methyl sites for hydroxylation is 3. The third-order valence-electron chi connectivity index (χ3n) is 4.97. The molecule has 8 nitrogen and oxygen atoms in total. The van der Waals surface area contributed by atoms with Gasteiger partial charge in [-0.1, -0.05) is 29.5 Å². The lowest BCUT2D eigenvalue weighted by Crippen LogP contribution is -2.38. The smallest absolute Gasteiger partial charge is 0.264 e. The van der Waals surface area contributed by atoms with Gasteiger partial charge < -0.3 is 9.64 Å². The van der Waals surface area contributed by atoms with Crippen molar-refractivity contribution in [1.29, 1.82) is 0 Å². The number of hydrogen-bond acceptors (Lipinski definition) is 7. The topological polar surface area (TPSA) is 101 Å². The van der Waals surface area contributed by atoms with E-state index in [9.17, 15) is 13.2 Å². The van der Waals surface area contributed by atoms with Crippen LogP contribution in [0.5, 0.6) is 5.75 Å². The number of aromatic nitrogens is 2. The van der Waals surface area contributed by atoms with Gasteiger partial charge in [-0.25, -0.2) is 8.42 Å². The summed E-state index contributed by atoms with van der Waals surface area (Å²) in [5.74, 6) is 0.509. The van der Waals surface area contributed by atoms with Crippen LogP contribution in [0.15, 0.2) is 47.4 Å². The Bertz CT molecular complexity index is 1220. The maximum Gasteiger partial charge on any atom is 0.264 e. The van der Waals surface area contributed by atoms with Gasteiger partial charge in [0.25, 0.3) is 15.9 Å². The van der Waals surface area contributed by atoms with Crippen molar-refractivity contribution in [1.82, 2.24) is 10.2 Å². The number of fused-ring (bicyclic) bond motifs is 1. The minimum Gasteiger partial charge on any atom is -0.483 e. The second kappa shape index (κ2) is 8.64. The Morgan fingerprint density at radius 3 is 2.74 bits per heavy atom. The van der Waals surface area contributed by atoms with Crippen molar-refractivity contribution in [3.8, 4) is 5.75 Å². The summed E-state index contributed by atoms with van der Waals surface area (Å²) in [6, 6.07) is 12.3. The number of anilines is 2. The van der Waals surface area contributed by atoms with E-state index in [2.05, 4.69) is 14.9 Å². The number of rotatable bonds is 6. The zero-order chi connectivity index (χ0) is 22.0. The minimum atomic E-state index is -3.79. The number of nitrogens with one attached hydrogen (secondary N) is 1. The molecular formula is C21H22N4O4S2. The number of nitrogens with zero attached hydrogens (tertiary/aromatic N) is 3. The first-order chi connectivity index (χ1) is 14.8. The Kier molecular flexibility index (Phi) is 5.92. The summed E-state index contributed by atoms with van der Waals surface area (Å²) in [5, 5.41) is 8.53. The molecule has 10 heteroatoms. The fourth-order valence-corrected chi connectivity index (χ4v) is 5.32. The molecule has 1 aliphatic heterocycles. The highest BCUT2D eigenvalue weighted by molar-refractivity contribution is 7.93. The van der Waals surface area contributed by atoms with E-state index in [1.165, 1.54) is 17.4 Å². The third-order valence-corrected chi connectivity index (χ3v) is 7.19. The molecule has 0 bridgehead atoms. The first-order valence-corrected chi connectivity index (χ1v) is 12.1. The van der Waals surface area contributed by atoms with Crippen LogP contribution in [0.25, 0.3) is 0 Å². The minimum absolute atomic E-state index is 0.0811. The number of ether oxygens (including phenoxy) is 1. The molecule has 3 aromatic rings. The van der Waals surface area contributed by atoms with Crippen molar-refractivity contribution in [3.63, 3.8) is 0 Å². The van der Waals surface area contributed by atoms with E-state index in [0.29, 0.717) is 23.7 Å². The van der Waals surface area contributed by atoms with Gasteiger partial charge in [-0.3, -0.25) is 9.52 Å². The quantitative estimate of drug-likeness (QED) is 0.608. The van der Waals surface area contributed by atoms with Gasteiger partial charge in [0, 0.05) is 12.2 Å². The highest BCUT2D eigenvalue weighted by Gasteiger charge is 2.25. The summed E-state index contributed by atoms with van der Waals surface area (Å²) in [5.41, 5.74) is 2.49. The normalized spacial score (nSPS) is 13.5. The van der Waals surface area contributed by atoms with Crippen molar-refractivity contribution >= 4 is 38.1 Å². The summed E-state index contributed by atoms with van der Waals surface area (Å²) in [6.07, 6.45) is 1.44. The van der Waals surface area contributed by atoms with Gasteiger partial charge in [-0.15, -0.1) is 10.2 Å². The second-order valence-corrected chi connectivity index (χ2v) is 10.1. The lowest BCUT2D eigenvalue weighted by Gasteiger charge is -2.30. The van der Waals surface area contributed by atoms with Gasteiger partial charge in [-0.05, 0) is 62.1 Å². The maximum absolute atomic E-state index is 12.8.